The van der Waals surface area contributed by atoms with Crippen LogP contribution in [-0.4, -0.2) is 48.3 Å². The predicted octanol–water partition coefficient (Wildman–Crippen LogP) is 2.06. The van der Waals surface area contributed by atoms with E-state index >= 15 is 0 Å². The first kappa shape index (κ1) is 20.7. The van der Waals surface area contributed by atoms with Crippen molar-refractivity contribution in [2.45, 2.75) is 20.3 Å². The third-order valence-corrected chi connectivity index (χ3v) is 3.82. The minimum absolute atomic E-state index is 0.0635. The van der Waals surface area contributed by atoms with Crippen molar-refractivity contribution in [3.05, 3.63) is 29.8 Å². The van der Waals surface area contributed by atoms with Crippen LogP contribution in [0.2, 0.25) is 0 Å². The fraction of sp³-hybridized carbons (Fsp3) is 0.412. The average Bonchev–Trinajstić information content (AvgIpc) is 2.55. The van der Waals surface area contributed by atoms with E-state index in [9.17, 15) is 19.2 Å². The van der Waals surface area contributed by atoms with E-state index in [0.717, 1.165) is 11.8 Å². The number of amides is 1. The molecule has 0 saturated carbocycles. The quantitative estimate of drug-likeness (QED) is 0.499. The Morgan fingerprint density at radius 3 is 2.20 bits per heavy atom. The van der Waals surface area contributed by atoms with Crippen molar-refractivity contribution in [3.63, 3.8) is 0 Å². The monoisotopic (exact) mass is 367 g/mol. The molecule has 1 N–H and O–H groups in total. The molecule has 0 radical (unpaired) electrons. The number of rotatable bonds is 10. The van der Waals surface area contributed by atoms with Crippen LogP contribution in [0.15, 0.2) is 24.3 Å². The third-order valence-electron chi connectivity index (χ3n) is 2.82. The molecule has 0 fully saturated rings. The lowest BCUT2D eigenvalue weighted by atomic mass is 10.2. The van der Waals surface area contributed by atoms with Gasteiger partial charge in [0.05, 0.1) is 30.3 Å². The molecule has 8 heteroatoms. The SMILES string of the molecule is CCOC(=O)CC(=O)CSCC(=O)Nc1ccc(C(=O)OCC)cc1. The molecular weight excluding hydrogens is 346 g/mol. The van der Waals surface area contributed by atoms with E-state index < -0.39 is 11.9 Å². The van der Waals surface area contributed by atoms with Crippen LogP contribution < -0.4 is 5.32 Å². The Bertz CT molecular complexity index is 614. The molecule has 0 unspecified atom stereocenters. The van der Waals surface area contributed by atoms with Gasteiger partial charge in [-0.25, -0.2) is 4.79 Å². The molecule has 0 aromatic heterocycles. The van der Waals surface area contributed by atoms with Crippen LogP contribution in [0, 0.1) is 0 Å². The van der Waals surface area contributed by atoms with Gasteiger partial charge in [-0.2, -0.15) is 0 Å². The number of hydrogen-bond acceptors (Lipinski definition) is 7. The number of ketones is 1. The van der Waals surface area contributed by atoms with Crippen LogP contribution >= 0.6 is 11.8 Å². The Balaban J connectivity index is 2.33. The molecule has 1 aromatic carbocycles. The van der Waals surface area contributed by atoms with Gasteiger partial charge in [-0.3, -0.25) is 14.4 Å². The number of esters is 2. The lowest BCUT2D eigenvalue weighted by Crippen LogP contribution is -2.17. The highest BCUT2D eigenvalue weighted by Gasteiger charge is 2.12. The third kappa shape index (κ3) is 8.35. The number of anilines is 1. The summed E-state index contributed by atoms with van der Waals surface area (Å²) >= 11 is 1.12. The van der Waals surface area contributed by atoms with Gasteiger partial charge in [0.15, 0.2) is 5.78 Å². The fourth-order valence-electron chi connectivity index (χ4n) is 1.78. The summed E-state index contributed by atoms with van der Waals surface area (Å²) in [7, 11) is 0. The first-order chi connectivity index (χ1) is 12.0. The van der Waals surface area contributed by atoms with E-state index in [0.29, 0.717) is 17.9 Å². The summed E-state index contributed by atoms with van der Waals surface area (Å²) in [5.41, 5.74) is 0.940. The minimum Gasteiger partial charge on any atom is -0.466 e. The largest absolute Gasteiger partial charge is 0.466 e. The summed E-state index contributed by atoms with van der Waals surface area (Å²) in [5.74, 6) is -1.40. The highest BCUT2D eigenvalue weighted by molar-refractivity contribution is 8.00. The van der Waals surface area contributed by atoms with Crippen molar-refractivity contribution < 1.29 is 28.7 Å². The van der Waals surface area contributed by atoms with Crippen LogP contribution in [-0.2, 0) is 23.9 Å². The molecule has 0 spiro atoms. The Morgan fingerprint density at radius 2 is 1.60 bits per heavy atom. The molecule has 0 aliphatic rings. The van der Waals surface area contributed by atoms with Crippen LogP contribution in [0.4, 0.5) is 5.69 Å². The Hall–Kier alpha value is -2.35. The summed E-state index contributed by atoms with van der Waals surface area (Å²) < 4.78 is 9.55. The van der Waals surface area contributed by atoms with Gasteiger partial charge in [0.2, 0.25) is 5.91 Å². The second kappa shape index (κ2) is 11.2. The van der Waals surface area contributed by atoms with Gasteiger partial charge in [-0.15, -0.1) is 11.8 Å². The average molecular weight is 367 g/mol. The van der Waals surface area contributed by atoms with Crippen LogP contribution in [0.3, 0.4) is 0 Å². The van der Waals surface area contributed by atoms with Crippen molar-refractivity contribution in [3.8, 4) is 0 Å². The zero-order chi connectivity index (χ0) is 18.7. The van der Waals surface area contributed by atoms with Crippen LogP contribution in [0.25, 0.3) is 0 Å². The molecule has 1 aromatic rings. The molecule has 0 atom stereocenters. The number of carbonyl (C=O) groups is 4. The topological polar surface area (TPSA) is 98.8 Å². The van der Waals surface area contributed by atoms with Crippen molar-refractivity contribution in [2.24, 2.45) is 0 Å². The van der Waals surface area contributed by atoms with Crippen molar-refractivity contribution in [1.82, 2.24) is 0 Å². The summed E-state index contributed by atoms with van der Waals surface area (Å²) in [4.78, 5) is 46.0. The van der Waals surface area contributed by atoms with Gasteiger partial charge < -0.3 is 14.8 Å². The van der Waals surface area contributed by atoms with Gasteiger partial charge in [0.1, 0.15) is 6.42 Å². The number of ether oxygens (including phenoxy) is 2. The fourth-order valence-corrected chi connectivity index (χ4v) is 2.47. The zero-order valence-electron chi connectivity index (χ0n) is 14.2. The number of thioether (sulfide) groups is 1. The Morgan fingerprint density at radius 1 is 0.960 bits per heavy atom. The molecule has 0 heterocycles. The first-order valence-corrected chi connectivity index (χ1v) is 8.93. The van der Waals surface area contributed by atoms with Gasteiger partial charge in [-0.05, 0) is 38.1 Å². The first-order valence-electron chi connectivity index (χ1n) is 7.78. The summed E-state index contributed by atoms with van der Waals surface area (Å²) in [6.07, 6.45) is -0.280. The van der Waals surface area contributed by atoms with Crippen LogP contribution in [0.5, 0.6) is 0 Å². The number of hydrogen-bond donors (Lipinski definition) is 1. The summed E-state index contributed by atoms with van der Waals surface area (Å²) in [6, 6.07) is 6.31. The maximum Gasteiger partial charge on any atom is 0.338 e. The van der Waals surface area contributed by atoms with Crippen molar-refractivity contribution >= 4 is 41.1 Å². The van der Waals surface area contributed by atoms with E-state index in [1.54, 1.807) is 38.1 Å². The van der Waals surface area contributed by atoms with E-state index in [2.05, 4.69) is 10.1 Å². The highest BCUT2D eigenvalue weighted by atomic mass is 32.2. The zero-order valence-corrected chi connectivity index (χ0v) is 15.0. The minimum atomic E-state index is -0.556. The smallest absolute Gasteiger partial charge is 0.338 e. The second-order valence-corrected chi connectivity index (χ2v) is 5.84. The number of Topliss-reactive ketones (excluding diaryl/α,β-unsaturated/α-hetero) is 1. The molecular formula is C17H21NO6S. The van der Waals surface area contributed by atoms with Gasteiger partial charge in [0.25, 0.3) is 0 Å². The Kier molecular flexibility index (Phi) is 9.31. The summed E-state index contributed by atoms with van der Waals surface area (Å²) in [6.45, 7) is 3.92. The molecule has 136 valence electrons. The van der Waals surface area contributed by atoms with Gasteiger partial charge >= 0.3 is 11.9 Å². The molecule has 0 aliphatic carbocycles. The highest BCUT2D eigenvalue weighted by Crippen LogP contribution is 2.12. The van der Waals surface area contributed by atoms with E-state index in [-0.39, 0.29) is 36.2 Å². The molecule has 7 nitrogen and oxygen atoms in total. The lowest BCUT2D eigenvalue weighted by Gasteiger charge is -2.06. The Labute approximate surface area is 150 Å². The molecule has 0 aliphatic heterocycles. The second-order valence-electron chi connectivity index (χ2n) is 4.86. The summed E-state index contributed by atoms with van der Waals surface area (Å²) in [5, 5.41) is 2.66. The van der Waals surface area contributed by atoms with Crippen molar-refractivity contribution in [1.29, 1.82) is 0 Å². The molecule has 0 bridgehead atoms. The standard InChI is InChI=1S/C17H21NO6S/c1-3-23-16(21)9-14(19)10-25-11-15(20)18-13-7-5-12(6-8-13)17(22)24-4-2/h5-8H,3-4,9-11H2,1-2H3,(H,18,20). The van der Waals surface area contributed by atoms with Crippen molar-refractivity contribution in [2.75, 3.05) is 30.0 Å². The van der Waals surface area contributed by atoms with E-state index in [1.807, 2.05) is 0 Å². The molecule has 1 amide bonds. The molecule has 0 saturated heterocycles. The van der Waals surface area contributed by atoms with Gasteiger partial charge in [0, 0.05) is 5.69 Å². The maximum absolute atomic E-state index is 11.8. The normalized spacial score (nSPS) is 10.0. The number of benzene rings is 1. The van der Waals surface area contributed by atoms with E-state index in [4.69, 9.17) is 4.74 Å². The van der Waals surface area contributed by atoms with Crippen LogP contribution in [0.1, 0.15) is 30.6 Å². The molecule has 1 rings (SSSR count). The van der Waals surface area contributed by atoms with Gasteiger partial charge in [-0.1, -0.05) is 0 Å². The number of nitrogens with one attached hydrogen (secondary N) is 1. The maximum atomic E-state index is 11.8. The lowest BCUT2D eigenvalue weighted by molar-refractivity contribution is -0.145. The predicted molar refractivity (Wildman–Crippen MR) is 94.6 cm³/mol. The number of carbonyl (C=O) groups excluding carboxylic acids is 4. The molecule has 25 heavy (non-hydrogen) atoms. The van der Waals surface area contributed by atoms with E-state index in [1.165, 1.54) is 0 Å².